The van der Waals surface area contributed by atoms with Crippen molar-refractivity contribution < 1.29 is 19.2 Å². The molecular formula is C17H23N3O5. The maximum absolute atomic E-state index is 12.1. The maximum Gasteiger partial charge on any atom is 0.273 e. The second-order valence-electron chi connectivity index (χ2n) is 6.49. The summed E-state index contributed by atoms with van der Waals surface area (Å²) >= 11 is 0. The summed E-state index contributed by atoms with van der Waals surface area (Å²) in [5.41, 5.74) is -0.108. The first kappa shape index (κ1) is 17.5. The van der Waals surface area contributed by atoms with Crippen LogP contribution in [0.5, 0.6) is 11.5 Å². The van der Waals surface area contributed by atoms with Gasteiger partial charge in [0, 0.05) is 31.2 Å². The zero-order valence-electron chi connectivity index (χ0n) is 14.3. The predicted octanol–water partition coefficient (Wildman–Crippen LogP) is 1.73. The monoisotopic (exact) mass is 349 g/mol. The Hall–Kier alpha value is -2.35. The molecule has 0 radical (unpaired) electrons. The fourth-order valence-electron chi connectivity index (χ4n) is 3.15. The van der Waals surface area contributed by atoms with Crippen molar-refractivity contribution in [1.82, 2.24) is 10.2 Å². The Morgan fingerprint density at radius 3 is 2.60 bits per heavy atom. The van der Waals surface area contributed by atoms with Gasteiger partial charge in [0.05, 0.1) is 18.1 Å². The number of rotatable bonds is 7. The number of nitro groups is 1. The number of benzene rings is 1. The smallest absolute Gasteiger partial charge is 0.273 e. The normalized spacial score (nSPS) is 18.6. The number of hydrogen-bond donors (Lipinski definition) is 1. The number of piperidine rings is 1. The summed E-state index contributed by atoms with van der Waals surface area (Å²) in [6.07, 6.45) is 4.50. The number of ether oxygens (including phenoxy) is 2. The molecule has 1 aromatic rings. The number of non-ortho nitro benzene ring substituents is 1. The van der Waals surface area contributed by atoms with Gasteiger partial charge < -0.3 is 19.7 Å². The molecule has 8 heteroatoms. The van der Waals surface area contributed by atoms with Crippen molar-refractivity contribution in [2.24, 2.45) is 0 Å². The number of hydrogen-bond acceptors (Lipinski definition) is 6. The number of amides is 1. The highest BCUT2D eigenvalue weighted by Crippen LogP contribution is 2.31. The van der Waals surface area contributed by atoms with Gasteiger partial charge in [-0.25, -0.2) is 0 Å². The van der Waals surface area contributed by atoms with E-state index < -0.39 is 4.92 Å². The lowest BCUT2D eigenvalue weighted by Gasteiger charge is -2.32. The lowest BCUT2D eigenvalue weighted by atomic mass is 10.0. The van der Waals surface area contributed by atoms with Crippen molar-refractivity contribution >= 4 is 11.6 Å². The molecule has 136 valence electrons. The second-order valence-corrected chi connectivity index (χ2v) is 6.49. The van der Waals surface area contributed by atoms with E-state index in [0.29, 0.717) is 5.75 Å². The highest BCUT2D eigenvalue weighted by atomic mass is 16.6. The topological polar surface area (TPSA) is 93.9 Å². The second kappa shape index (κ2) is 7.69. The molecule has 1 aliphatic carbocycles. The molecule has 1 amide bonds. The molecule has 0 atom stereocenters. The molecule has 8 nitrogen and oxygen atoms in total. The summed E-state index contributed by atoms with van der Waals surface area (Å²) in [4.78, 5) is 24.9. The van der Waals surface area contributed by atoms with Crippen LogP contribution in [0.15, 0.2) is 18.2 Å². The van der Waals surface area contributed by atoms with Crippen LogP contribution in [0.4, 0.5) is 5.69 Å². The largest absolute Gasteiger partial charge is 0.493 e. The molecule has 0 spiro atoms. The van der Waals surface area contributed by atoms with Gasteiger partial charge >= 0.3 is 0 Å². The Balaban J connectivity index is 1.48. The van der Waals surface area contributed by atoms with E-state index in [1.165, 1.54) is 38.2 Å². The van der Waals surface area contributed by atoms with Crippen LogP contribution in [0.1, 0.15) is 25.7 Å². The van der Waals surface area contributed by atoms with E-state index in [1.807, 2.05) is 0 Å². The highest BCUT2D eigenvalue weighted by Gasteiger charge is 2.32. The van der Waals surface area contributed by atoms with Crippen LogP contribution >= 0.6 is 0 Å². The first-order valence-electron chi connectivity index (χ1n) is 8.55. The number of likely N-dealkylation sites (tertiary alicyclic amines) is 1. The van der Waals surface area contributed by atoms with Gasteiger partial charge in [0.25, 0.3) is 11.6 Å². The van der Waals surface area contributed by atoms with Gasteiger partial charge in [0.2, 0.25) is 0 Å². The lowest BCUT2D eigenvalue weighted by molar-refractivity contribution is -0.385. The van der Waals surface area contributed by atoms with Gasteiger partial charge in [-0.3, -0.25) is 14.9 Å². The van der Waals surface area contributed by atoms with Crippen LogP contribution in [0, 0.1) is 10.1 Å². The molecule has 1 aliphatic heterocycles. The van der Waals surface area contributed by atoms with Crippen LogP contribution in [-0.2, 0) is 4.79 Å². The molecule has 1 aromatic carbocycles. The zero-order valence-corrected chi connectivity index (χ0v) is 14.3. The van der Waals surface area contributed by atoms with E-state index >= 15 is 0 Å². The predicted molar refractivity (Wildman–Crippen MR) is 90.9 cm³/mol. The molecule has 0 unspecified atom stereocenters. The van der Waals surface area contributed by atoms with Crippen molar-refractivity contribution in [3.8, 4) is 11.5 Å². The number of methoxy groups -OCH3 is 1. The van der Waals surface area contributed by atoms with Crippen molar-refractivity contribution in [1.29, 1.82) is 0 Å². The Bertz CT molecular complexity index is 639. The molecule has 2 aliphatic rings. The standard InChI is InChI=1S/C17H23N3O5/c1-24-15-5-4-14(20(22)23)10-16(15)25-11-17(21)18-12-6-8-19(9-7-12)13-2-3-13/h4-5,10,12-13H,2-3,6-9,11H2,1H3,(H,18,21). The van der Waals surface area contributed by atoms with Crippen molar-refractivity contribution in [3.05, 3.63) is 28.3 Å². The molecule has 0 aromatic heterocycles. The molecular weight excluding hydrogens is 326 g/mol. The quantitative estimate of drug-likeness (QED) is 0.595. The fourth-order valence-corrected chi connectivity index (χ4v) is 3.15. The van der Waals surface area contributed by atoms with Gasteiger partial charge in [-0.2, -0.15) is 0 Å². The molecule has 25 heavy (non-hydrogen) atoms. The number of nitrogens with one attached hydrogen (secondary N) is 1. The first-order valence-corrected chi connectivity index (χ1v) is 8.55. The van der Waals surface area contributed by atoms with Gasteiger partial charge in [-0.15, -0.1) is 0 Å². The maximum atomic E-state index is 12.1. The Morgan fingerprint density at radius 2 is 2.00 bits per heavy atom. The molecule has 1 saturated heterocycles. The van der Waals surface area contributed by atoms with Crippen molar-refractivity contribution in [2.45, 2.75) is 37.8 Å². The van der Waals surface area contributed by atoms with Crippen molar-refractivity contribution in [2.75, 3.05) is 26.8 Å². The third-order valence-electron chi connectivity index (χ3n) is 4.67. The summed E-state index contributed by atoms with van der Waals surface area (Å²) < 4.78 is 10.6. The van der Waals surface area contributed by atoms with E-state index in [9.17, 15) is 14.9 Å². The average Bonchev–Trinajstić information content (AvgIpc) is 3.45. The fraction of sp³-hybridized carbons (Fsp3) is 0.588. The number of nitrogens with zero attached hydrogens (tertiary/aromatic N) is 2. The van der Waals surface area contributed by atoms with Gasteiger partial charge in [-0.05, 0) is 31.7 Å². The van der Waals surface area contributed by atoms with Gasteiger partial charge in [0.15, 0.2) is 18.1 Å². The van der Waals surface area contributed by atoms with E-state index in [4.69, 9.17) is 9.47 Å². The Kier molecular flexibility index (Phi) is 5.37. The third-order valence-corrected chi connectivity index (χ3v) is 4.67. The minimum Gasteiger partial charge on any atom is -0.493 e. The molecule has 1 saturated carbocycles. The van der Waals surface area contributed by atoms with Crippen molar-refractivity contribution in [3.63, 3.8) is 0 Å². The van der Waals surface area contributed by atoms with Crippen LogP contribution in [0.25, 0.3) is 0 Å². The lowest BCUT2D eigenvalue weighted by Crippen LogP contribution is -2.46. The molecule has 1 N–H and O–H groups in total. The first-order chi connectivity index (χ1) is 12.1. The number of carbonyl (C=O) groups is 1. The molecule has 1 heterocycles. The van der Waals surface area contributed by atoms with E-state index in [0.717, 1.165) is 32.0 Å². The van der Waals surface area contributed by atoms with Crippen LogP contribution in [0.2, 0.25) is 0 Å². The molecule has 2 fully saturated rings. The zero-order chi connectivity index (χ0) is 17.8. The van der Waals surface area contributed by atoms with Crippen LogP contribution < -0.4 is 14.8 Å². The minimum absolute atomic E-state index is 0.108. The summed E-state index contributed by atoms with van der Waals surface area (Å²) in [6.45, 7) is 1.85. The van der Waals surface area contributed by atoms with Gasteiger partial charge in [0.1, 0.15) is 0 Å². The highest BCUT2D eigenvalue weighted by molar-refractivity contribution is 5.78. The average molecular weight is 349 g/mol. The number of carbonyl (C=O) groups excluding carboxylic acids is 1. The molecule has 3 rings (SSSR count). The van der Waals surface area contributed by atoms with E-state index in [2.05, 4.69) is 10.2 Å². The number of nitro benzene ring substituents is 1. The van der Waals surface area contributed by atoms with Gasteiger partial charge in [-0.1, -0.05) is 0 Å². The summed E-state index contributed by atoms with van der Waals surface area (Å²) in [5.74, 6) is 0.324. The Morgan fingerprint density at radius 1 is 1.28 bits per heavy atom. The Labute approximate surface area is 146 Å². The SMILES string of the molecule is COc1ccc([N+](=O)[O-])cc1OCC(=O)NC1CCN(C2CC2)CC1. The molecule has 0 bridgehead atoms. The summed E-state index contributed by atoms with van der Waals surface area (Å²) in [5, 5.41) is 13.8. The van der Waals surface area contributed by atoms with Crippen LogP contribution in [0.3, 0.4) is 0 Å². The van der Waals surface area contributed by atoms with E-state index in [-0.39, 0.29) is 30.0 Å². The summed E-state index contributed by atoms with van der Waals surface area (Å²) in [7, 11) is 1.45. The summed E-state index contributed by atoms with van der Waals surface area (Å²) in [6, 6.07) is 4.98. The van der Waals surface area contributed by atoms with E-state index in [1.54, 1.807) is 0 Å². The third kappa shape index (κ3) is 4.60. The van der Waals surface area contributed by atoms with Crippen LogP contribution in [-0.4, -0.2) is 54.6 Å². The minimum atomic E-state index is -0.514.